The summed E-state index contributed by atoms with van der Waals surface area (Å²) in [6.07, 6.45) is 6.82. The molecule has 1 heterocycles. The van der Waals surface area contributed by atoms with E-state index in [0.717, 1.165) is 5.69 Å². The topological polar surface area (TPSA) is 75.1 Å². The van der Waals surface area contributed by atoms with E-state index in [0.29, 0.717) is 11.5 Å². The number of carbonyl (C=O) groups is 1. The van der Waals surface area contributed by atoms with E-state index in [1.807, 2.05) is 0 Å². The Morgan fingerprint density at radius 3 is 2.94 bits per heavy atom. The molecule has 5 nitrogen and oxygen atoms in total. The Morgan fingerprint density at radius 2 is 2.38 bits per heavy atom. The molecule has 0 aliphatic carbocycles. The highest BCUT2D eigenvalue weighted by molar-refractivity contribution is 5.77. The van der Waals surface area contributed by atoms with Crippen LogP contribution in [0.1, 0.15) is 17.8 Å². The van der Waals surface area contributed by atoms with Crippen LogP contribution in [-0.2, 0) is 4.79 Å². The number of hydrogen-bond acceptors (Lipinski definition) is 4. The van der Waals surface area contributed by atoms with E-state index >= 15 is 0 Å². The predicted molar refractivity (Wildman–Crippen MR) is 60.0 cm³/mol. The molecule has 1 aromatic heterocycles. The maximum absolute atomic E-state index is 10.9. The Morgan fingerprint density at radius 1 is 1.69 bits per heavy atom. The first kappa shape index (κ1) is 12.0. The van der Waals surface area contributed by atoms with Crippen molar-refractivity contribution in [3.05, 3.63) is 17.6 Å². The molecule has 1 rings (SSSR count). The van der Waals surface area contributed by atoms with Gasteiger partial charge in [-0.3, -0.25) is 4.98 Å². The first-order valence-electron chi connectivity index (χ1n) is 4.77. The number of carboxylic acid groups (broad SMARTS) is 1. The molecule has 0 fully saturated rings. The van der Waals surface area contributed by atoms with E-state index in [9.17, 15) is 4.79 Å². The molecule has 1 unspecified atom stereocenters. The normalized spacial score (nSPS) is 11.6. The van der Waals surface area contributed by atoms with Gasteiger partial charge in [-0.1, -0.05) is 0 Å². The van der Waals surface area contributed by atoms with E-state index in [-0.39, 0.29) is 6.42 Å². The Balaban J connectivity index is 2.89. The van der Waals surface area contributed by atoms with Crippen molar-refractivity contribution in [2.45, 2.75) is 26.3 Å². The molecule has 5 heteroatoms. The van der Waals surface area contributed by atoms with Crippen LogP contribution in [0.25, 0.3) is 0 Å². The Bertz CT molecular complexity index is 437. The van der Waals surface area contributed by atoms with Gasteiger partial charge in [0.25, 0.3) is 0 Å². The molecule has 0 amide bonds. The van der Waals surface area contributed by atoms with Crippen molar-refractivity contribution < 1.29 is 9.90 Å². The molecule has 0 radical (unpaired) electrons. The number of aliphatic carboxylic acids is 1. The number of hydrogen-bond donors (Lipinski definition) is 2. The van der Waals surface area contributed by atoms with E-state index < -0.39 is 12.0 Å². The Hall–Kier alpha value is -2.09. The van der Waals surface area contributed by atoms with Crippen LogP contribution in [0.3, 0.4) is 0 Å². The van der Waals surface area contributed by atoms with Crippen LogP contribution >= 0.6 is 0 Å². The number of aryl methyl sites for hydroxylation is 2. The molecule has 0 aliphatic heterocycles. The molecule has 84 valence electrons. The third-order valence-electron chi connectivity index (χ3n) is 2.01. The van der Waals surface area contributed by atoms with E-state index in [1.54, 1.807) is 20.0 Å². The SMILES string of the molecule is C#CCC(Nc1nc(C)cnc1C)C(=O)O. The zero-order valence-electron chi connectivity index (χ0n) is 9.19. The number of anilines is 1. The van der Waals surface area contributed by atoms with Crippen molar-refractivity contribution in [1.82, 2.24) is 9.97 Å². The van der Waals surface area contributed by atoms with Gasteiger partial charge in [0.1, 0.15) is 11.9 Å². The molecule has 0 saturated carbocycles. The molecule has 0 bridgehead atoms. The molecule has 1 atom stereocenters. The highest BCUT2D eigenvalue weighted by atomic mass is 16.4. The average Bonchev–Trinajstić information content (AvgIpc) is 2.22. The summed E-state index contributed by atoms with van der Waals surface area (Å²) in [5, 5.41) is 11.7. The number of nitrogens with zero attached hydrogens (tertiary/aromatic N) is 2. The summed E-state index contributed by atoms with van der Waals surface area (Å²) in [6, 6.07) is -0.834. The van der Waals surface area contributed by atoms with Crippen LogP contribution in [0.15, 0.2) is 6.20 Å². The summed E-state index contributed by atoms with van der Waals surface area (Å²) in [4.78, 5) is 19.1. The smallest absolute Gasteiger partial charge is 0.327 e. The quantitative estimate of drug-likeness (QED) is 0.738. The minimum atomic E-state index is -0.999. The van der Waals surface area contributed by atoms with Crippen LogP contribution < -0.4 is 5.32 Å². The molecular formula is C11H13N3O2. The van der Waals surface area contributed by atoms with Gasteiger partial charge in [-0.15, -0.1) is 12.3 Å². The number of rotatable bonds is 4. The van der Waals surface area contributed by atoms with Crippen molar-refractivity contribution in [2.75, 3.05) is 5.32 Å². The number of aromatic nitrogens is 2. The van der Waals surface area contributed by atoms with Gasteiger partial charge in [0.2, 0.25) is 0 Å². The third kappa shape index (κ3) is 2.95. The summed E-state index contributed by atoms with van der Waals surface area (Å²) in [5.74, 6) is 1.77. The van der Waals surface area contributed by atoms with Crippen LogP contribution in [0, 0.1) is 26.2 Å². The molecule has 0 spiro atoms. The number of carboxylic acids is 1. The van der Waals surface area contributed by atoms with E-state index in [2.05, 4.69) is 21.2 Å². The van der Waals surface area contributed by atoms with Crippen molar-refractivity contribution >= 4 is 11.8 Å². The highest BCUT2D eigenvalue weighted by Gasteiger charge is 2.17. The Kier molecular flexibility index (Phi) is 3.84. The van der Waals surface area contributed by atoms with Crippen molar-refractivity contribution in [3.8, 4) is 12.3 Å². The fourth-order valence-electron chi connectivity index (χ4n) is 1.16. The lowest BCUT2D eigenvalue weighted by atomic mass is 10.2. The second kappa shape index (κ2) is 5.12. The minimum Gasteiger partial charge on any atom is -0.480 e. The second-order valence-electron chi connectivity index (χ2n) is 3.39. The first-order valence-corrected chi connectivity index (χ1v) is 4.77. The summed E-state index contributed by atoms with van der Waals surface area (Å²) in [6.45, 7) is 3.54. The highest BCUT2D eigenvalue weighted by Crippen LogP contribution is 2.11. The molecule has 16 heavy (non-hydrogen) atoms. The summed E-state index contributed by atoms with van der Waals surface area (Å²) < 4.78 is 0. The summed E-state index contributed by atoms with van der Waals surface area (Å²) in [5.41, 5.74) is 1.37. The first-order chi connectivity index (χ1) is 7.54. The van der Waals surface area contributed by atoms with Gasteiger partial charge in [0.15, 0.2) is 0 Å². The fraction of sp³-hybridized carbons (Fsp3) is 0.364. The molecular weight excluding hydrogens is 206 g/mol. The van der Waals surface area contributed by atoms with Crippen LogP contribution in [0.2, 0.25) is 0 Å². The maximum Gasteiger partial charge on any atom is 0.327 e. The molecule has 0 aromatic carbocycles. The Labute approximate surface area is 93.9 Å². The zero-order chi connectivity index (χ0) is 12.1. The van der Waals surface area contributed by atoms with E-state index in [4.69, 9.17) is 11.5 Å². The largest absolute Gasteiger partial charge is 0.480 e. The molecule has 0 saturated heterocycles. The van der Waals surface area contributed by atoms with Gasteiger partial charge < -0.3 is 10.4 Å². The van der Waals surface area contributed by atoms with Crippen LogP contribution in [0.4, 0.5) is 5.82 Å². The van der Waals surface area contributed by atoms with Crippen LogP contribution in [-0.4, -0.2) is 27.1 Å². The number of nitrogens with one attached hydrogen (secondary N) is 1. The lowest BCUT2D eigenvalue weighted by Gasteiger charge is -2.13. The lowest BCUT2D eigenvalue weighted by molar-refractivity contribution is -0.137. The van der Waals surface area contributed by atoms with Crippen molar-refractivity contribution in [3.63, 3.8) is 0 Å². The van der Waals surface area contributed by atoms with Crippen molar-refractivity contribution in [2.24, 2.45) is 0 Å². The van der Waals surface area contributed by atoms with Gasteiger partial charge in [-0.25, -0.2) is 9.78 Å². The van der Waals surface area contributed by atoms with Gasteiger partial charge in [0, 0.05) is 12.6 Å². The lowest BCUT2D eigenvalue weighted by Crippen LogP contribution is -2.29. The predicted octanol–water partition coefficient (Wildman–Crippen LogP) is 0.982. The van der Waals surface area contributed by atoms with Gasteiger partial charge in [0.05, 0.1) is 11.4 Å². The number of terminal acetylenes is 1. The third-order valence-corrected chi connectivity index (χ3v) is 2.01. The van der Waals surface area contributed by atoms with Crippen LogP contribution in [0.5, 0.6) is 0 Å². The second-order valence-corrected chi connectivity index (χ2v) is 3.39. The molecule has 2 N–H and O–H groups in total. The minimum absolute atomic E-state index is 0.102. The maximum atomic E-state index is 10.9. The summed E-state index contributed by atoms with van der Waals surface area (Å²) in [7, 11) is 0. The van der Waals surface area contributed by atoms with E-state index in [1.165, 1.54) is 0 Å². The van der Waals surface area contributed by atoms with Crippen molar-refractivity contribution in [1.29, 1.82) is 0 Å². The monoisotopic (exact) mass is 219 g/mol. The molecule has 1 aromatic rings. The van der Waals surface area contributed by atoms with Gasteiger partial charge >= 0.3 is 5.97 Å². The molecule has 0 aliphatic rings. The van der Waals surface area contributed by atoms with Gasteiger partial charge in [-0.2, -0.15) is 0 Å². The van der Waals surface area contributed by atoms with Gasteiger partial charge in [-0.05, 0) is 13.8 Å². The standard InChI is InChI=1S/C11H13N3O2/c1-4-5-9(11(15)16)14-10-8(3)12-6-7(2)13-10/h1,6,9H,5H2,2-3H3,(H,13,14)(H,15,16). The fourth-order valence-corrected chi connectivity index (χ4v) is 1.16. The zero-order valence-corrected chi connectivity index (χ0v) is 9.19. The summed E-state index contributed by atoms with van der Waals surface area (Å²) >= 11 is 0. The average molecular weight is 219 g/mol.